The van der Waals surface area contributed by atoms with Gasteiger partial charge in [0.05, 0.1) is 36.7 Å². The van der Waals surface area contributed by atoms with Crippen molar-refractivity contribution in [1.82, 2.24) is 24.7 Å². The summed E-state index contributed by atoms with van der Waals surface area (Å²) in [5.41, 5.74) is 1.05. The Kier molecular flexibility index (Phi) is 12.4. The summed E-state index contributed by atoms with van der Waals surface area (Å²) in [4.78, 5) is 35.8. The van der Waals surface area contributed by atoms with Gasteiger partial charge in [-0.25, -0.2) is 22.6 Å². The number of methoxy groups -OCH3 is 2. The second-order valence-corrected chi connectivity index (χ2v) is 18.7. The zero-order valence-electron chi connectivity index (χ0n) is 33.2. The van der Waals surface area contributed by atoms with E-state index in [0.29, 0.717) is 32.6 Å². The number of sulfone groups is 1. The molecule has 7 rings (SSSR count). The van der Waals surface area contributed by atoms with Crippen molar-refractivity contribution in [2.75, 3.05) is 64.9 Å². The van der Waals surface area contributed by atoms with E-state index in [1.54, 1.807) is 42.5 Å². The zero-order valence-corrected chi connectivity index (χ0v) is 34.0. The summed E-state index contributed by atoms with van der Waals surface area (Å²) in [7, 11) is -0.474. The number of alkyl carbamates (subject to hydrolysis) is 1. The first-order chi connectivity index (χ1) is 27.5. The van der Waals surface area contributed by atoms with Crippen molar-refractivity contribution in [3.05, 3.63) is 91.3 Å². The molecule has 57 heavy (non-hydrogen) atoms. The number of anilines is 1. The number of piperidine rings is 1. The standard InChI is InChI=1S/C43H57FN6O6S/c1-4-40(51)49-21-6-5-11-37(26-49)57(53,54)36-16-14-35(15-17-36)50-28-42(29-50,56-3)27-47-22-18-32(19-23-47)43(30-48-24-20-45-31-48,33-9-7-10-34(44)25-33)38-12-8-13-39(38)46-41(52)55-2/h4,7,9-10,14-17,20,24-25,31-32,37-39H,1,5-6,8,11-13,18-19,21-23,26-30H2,2-3H3,(H,46,52)/t37-,38-,39-,43-/m0/s1. The van der Waals surface area contributed by atoms with E-state index >= 15 is 4.39 Å². The van der Waals surface area contributed by atoms with Crippen molar-refractivity contribution in [2.24, 2.45) is 11.8 Å². The van der Waals surface area contributed by atoms with Crippen LogP contribution in [0.5, 0.6) is 0 Å². The van der Waals surface area contributed by atoms with Crippen LogP contribution < -0.4 is 10.2 Å². The lowest BCUT2D eigenvalue weighted by Crippen LogP contribution is -2.68. The maximum absolute atomic E-state index is 15.1. The molecule has 4 fully saturated rings. The smallest absolute Gasteiger partial charge is 0.407 e. The Balaban J connectivity index is 1.03. The van der Waals surface area contributed by atoms with E-state index in [1.165, 1.54) is 19.3 Å². The maximum atomic E-state index is 15.1. The quantitative estimate of drug-likeness (QED) is 0.225. The summed E-state index contributed by atoms with van der Waals surface area (Å²) < 4.78 is 55.9. The highest BCUT2D eigenvalue weighted by molar-refractivity contribution is 7.92. The summed E-state index contributed by atoms with van der Waals surface area (Å²) in [5.74, 6) is -0.229. The lowest BCUT2D eigenvalue weighted by Gasteiger charge is -2.54. The number of hydrogen-bond donors (Lipinski definition) is 1. The molecule has 4 aliphatic rings. The molecule has 2 aromatic carbocycles. The van der Waals surface area contributed by atoms with Gasteiger partial charge in [0.2, 0.25) is 5.91 Å². The van der Waals surface area contributed by atoms with Gasteiger partial charge in [0.1, 0.15) is 11.4 Å². The van der Waals surface area contributed by atoms with E-state index < -0.39 is 26.6 Å². The molecular weight excluding hydrogens is 748 g/mol. The van der Waals surface area contributed by atoms with Crippen LogP contribution in [0.1, 0.15) is 56.9 Å². The molecule has 0 radical (unpaired) electrons. The van der Waals surface area contributed by atoms with Gasteiger partial charge in [-0.1, -0.05) is 31.6 Å². The number of nitrogens with zero attached hydrogens (tertiary/aromatic N) is 5. The van der Waals surface area contributed by atoms with Crippen molar-refractivity contribution >= 4 is 27.5 Å². The average molecular weight is 805 g/mol. The SMILES string of the molecule is C=CC(=O)N1CCCC[C@H](S(=O)(=O)c2ccc(N3CC(CN4CCC([C@@](Cn5ccnc5)(c5cccc(F)c5)[C@H]5CCC[C@@H]5NC(=O)OC)CC4)(OC)C3)cc2)C1. The maximum Gasteiger partial charge on any atom is 0.407 e. The van der Waals surface area contributed by atoms with Crippen molar-refractivity contribution in [3.8, 4) is 0 Å². The zero-order chi connectivity index (χ0) is 40.2. The third-order valence-corrected chi connectivity index (χ3v) is 15.5. The van der Waals surface area contributed by atoms with E-state index in [2.05, 4.69) is 37.3 Å². The Labute approximate surface area is 336 Å². The molecular formula is C43H57FN6O6S. The summed E-state index contributed by atoms with van der Waals surface area (Å²) >= 11 is 0. The molecule has 4 heterocycles. The van der Waals surface area contributed by atoms with Gasteiger partial charge < -0.3 is 34.1 Å². The number of nitrogens with one attached hydrogen (secondary N) is 1. The van der Waals surface area contributed by atoms with Crippen LogP contribution in [0.25, 0.3) is 0 Å². The minimum atomic E-state index is -3.63. The highest BCUT2D eigenvalue weighted by atomic mass is 32.2. The number of imidazole rings is 1. The Morgan fingerprint density at radius 2 is 1.79 bits per heavy atom. The van der Waals surface area contributed by atoms with Crippen molar-refractivity contribution in [1.29, 1.82) is 0 Å². The number of benzene rings is 2. The number of rotatable bonds is 13. The normalized spacial score (nSPS) is 24.2. The molecule has 14 heteroatoms. The number of likely N-dealkylation sites (tertiary alicyclic amines) is 2. The Hall–Kier alpha value is -4.27. The predicted molar refractivity (Wildman–Crippen MR) is 216 cm³/mol. The topological polar surface area (TPSA) is 126 Å². The molecule has 2 amide bonds. The Bertz CT molecular complexity index is 1960. The third-order valence-electron chi connectivity index (χ3n) is 13.3. The summed E-state index contributed by atoms with van der Waals surface area (Å²) in [6, 6.07) is 14.1. The van der Waals surface area contributed by atoms with Gasteiger partial charge in [-0.3, -0.25) is 4.79 Å². The number of ether oxygens (including phenoxy) is 2. The van der Waals surface area contributed by atoms with Crippen molar-refractivity contribution < 1.29 is 31.9 Å². The number of aromatic nitrogens is 2. The predicted octanol–water partition coefficient (Wildman–Crippen LogP) is 5.44. The van der Waals surface area contributed by atoms with Gasteiger partial charge in [0.15, 0.2) is 9.84 Å². The minimum absolute atomic E-state index is 0.0626. The fourth-order valence-corrected chi connectivity index (χ4v) is 12.1. The van der Waals surface area contributed by atoms with Gasteiger partial charge in [0, 0.05) is 62.8 Å². The molecule has 1 saturated carbocycles. The Morgan fingerprint density at radius 1 is 1.02 bits per heavy atom. The van der Waals surface area contributed by atoms with Crippen molar-refractivity contribution in [2.45, 2.75) is 85.1 Å². The summed E-state index contributed by atoms with van der Waals surface area (Å²) in [6.07, 6.45) is 12.9. The molecule has 1 aliphatic carbocycles. The van der Waals surface area contributed by atoms with Gasteiger partial charge in [-0.15, -0.1) is 0 Å². The van der Waals surface area contributed by atoms with Crippen LogP contribution in [0, 0.1) is 17.7 Å². The van der Waals surface area contributed by atoms with E-state index in [9.17, 15) is 18.0 Å². The fraction of sp³-hybridized carbons (Fsp3) is 0.558. The molecule has 3 aliphatic heterocycles. The number of amides is 2. The lowest BCUT2D eigenvalue weighted by molar-refractivity contribution is -0.125. The van der Waals surface area contributed by atoms with Crippen LogP contribution in [0.3, 0.4) is 0 Å². The number of halogens is 1. The van der Waals surface area contributed by atoms with Crippen LogP contribution in [0.4, 0.5) is 14.9 Å². The molecule has 1 N–H and O–H groups in total. The summed E-state index contributed by atoms with van der Waals surface area (Å²) in [5, 5.41) is 2.50. The van der Waals surface area contributed by atoms with Crippen LogP contribution in [0.2, 0.25) is 0 Å². The number of hydrogen-bond acceptors (Lipinski definition) is 9. The molecule has 0 spiro atoms. The molecule has 0 bridgehead atoms. The molecule has 12 nitrogen and oxygen atoms in total. The van der Waals surface area contributed by atoms with E-state index in [4.69, 9.17) is 9.47 Å². The van der Waals surface area contributed by atoms with E-state index in [0.717, 1.165) is 75.8 Å². The number of carbonyl (C=O) groups is 2. The first-order valence-electron chi connectivity index (χ1n) is 20.3. The van der Waals surface area contributed by atoms with Crippen LogP contribution in [-0.4, -0.2) is 117 Å². The fourth-order valence-electron chi connectivity index (χ4n) is 10.4. The molecule has 308 valence electrons. The largest absolute Gasteiger partial charge is 0.453 e. The second kappa shape index (κ2) is 17.3. The molecule has 4 atom stereocenters. The average Bonchev–Trinajstić information content (AvgIpc) is 3.84. The number of carbonyl (C=O) groups excluding carboxylic acids is 2. The molecule has 0 unspecified atom stereocenters. The van der Waals surface area contributed by atoms with E-state index in [-0.39, 0.29) is 46.6 Å². The van der Waals surface area contributed by atoms with Gasteiger partial charge in [-0.05, 0) is 111 Å². The van der Waals surface area contributed by atoms with Crippen LogP contribution in [0.15, 0.2) is 84.8 Å². The highest BCUT2D eigenvalue weighted by Crippen LogP contribution is 2.52. The molecule has 1 aromatic heterocycles. The monoisotopic (exact) mass is 804 g/mol. The first kappa shape index (κ1) is 40.9. The lowest BCUT2D eigenvalue weighted by atomic mass is 9.58. The highest BCUT2D eigenvalue weighted by Gasteiger charge is 2.53. The minimum Gasteiger partial charge on any atom is -0.453 e. The third kappa shape index (κ3) is 8.49. The summed E-state index contributed by atoms with van der Waals surface area (Å²) in [6.45, 7) is 8.73. The van der Waals surface area contributed by atoms with Gasteiger partial charge in [-0.2, -0.15) is 0 Å². The van der Waals surface area contributed by atoms with Gasteiger partial charge in [0.25, 0.3) is 0 Å². The Morgan fingerprint density at radius 3 is 2.46 bits per heavy atom. The first-order valence-corrected chi connectivity index (χ1v) is 21.9. The molecule has 3 aromatic rings. The van der Waals surface area contributed by atoms with Gasteiger partial charge >= 0.3 is 6.09 Å². The van der Waals surface area contributed by atoms with Crippen molar-refractivity contribution in [3.63, 3.8) is 0 Å². The second-order valence-electron chi connectivity index (χ2n) is 16.5. The van der Waals surface area contributed by atoms with Crippen LogP contribution in [-0.2, 0) is 36.1 Å². The van der Waals surface area contributed by atoms with Crippen LogP contribution >= 0.6 is 0 Å². The van der Waals surface area contributed by atoms with E-state index in [1.807, 2.05) is 24.7 Å². The molecule has 3 saturated heterocycles.